The lowest BCUT2D eigenvalue weighted by atomic mass is 10.2. The first kappa shape index (κ1) is 22.8. The van der Waals surface area contributed by atoms with Crippen LogP contribution in [0.3, 0.4) is 0 Å². The Morgan fingerprint density at radius 3 is 2.85 bits per heavy atom. The number of methoxy groups -OCH3 is 1. The summed E-state index contributed by atoms with van der Waals surface area (Å²) in [5.41, 5.74) is 1.16. The number of hydrogen-bond donors (Lipinski definition) is 2. The maximum atomic E-state index is 5.49. The van der Waals surface area contributed by atoms with Gasteiger partial charge < -0.3 is 25.0 Å². The van der Waals surface area contributed by atoms with E-state index in [1.165, 1.54) is 0 Å². The Morgan fingerprint density at radius 2 is 2.12 bits per heavy atom. The normalized spacial score (nSPS) is 17.0. The van der Waals surface area contributed by atoms with Gasteiger partial charge in [0, 0.05) is 45.4 Å². The molecule has 0 radical (unpaired) electrons. The SMILES string of the molecule is CCNC(=NCCCOCC)NC1CCN(c2ccccc2OC)C1.I. The minimum atomic E-state index is 0. The van der Waals surface area contributed by atoms with E-state index in [0.29, 0.717) is 6.04 Å². The molecule has 0 aromatic heterocycles. The third-order valence-corrected chi connectivity index (χ3v) is 4.22. The Labute approximate surface area is 174 Å². The van der Waals surface area contributed by atoms with Crippen molar-refractivity contribution in [2.75, 3.05) is 51.4 Å². The van der Waals surface area contributed by atoms with Crippen LogP contribution in [0.15, 0.2) is 29.3 Å². The molecule has 0 bridgehead atoms. The quantitative estimate of drug-likeness (QED) is 0.249. The van der Waals surface area contributed by atoms with Crippen molar-refractivity contribution in [2.24, 2.45) is 4.99 Å². The maximum Gasteiger partial charge on any atom is 0.191 e. The summed E-state index contributed by atoms with van der Waals surface area (Å²) >= 11 is 0. The van der Waals surface area contributed by atoms with E-state index in [9.17, 15) is 0 Å². The van der Waals surface area contributed by atoms with Crippen molar-refractivity contribution >= 4 is 35.6 Å². The van der Waals surface area contributed by atoms with E-state index in [2.05, 4.69) is 39.6 Å². The van der Waals surface area contributed by atoms with Crippen molar-refractivity contribution in [3.05, 3.63) is 24.3 Å². The van der Waals surface area contributed by atoms with Crippen LogP contribution in [0.2, 0.25) is 0 Å². The summed E-state index contributed by atoms with van der Waals surface area (Å²) < 4.78 is 10.9. The number of halogens is 1. The molecule has 1 saturated heterocycles. The smallest absolute Gasteiger partial charge is 0.191 e. The fraction of sp³-hybridized carbons (Fsp3) is 0.632. The van der Waals surface area contributed by atoms with E-state index in [1.807, 2.05) is 19.1 Å². The van der Waals surface area contributed by atoms with Gasteiger partial charge in [-0.05, 0) is 38.8 Å². The van der Waals surface area contributed by atoms with Crippen molar-refractivity contribution in [3.63, 3.8) is 0 Å². The highest BCUT2D eigenvalue weighted by molar-refractivity contribution is 14.0. The fourth-order valence-electron chi connectivity index (χ4n) is 3.00. The van der Waals surface area contributed by atoms with E-state index in [1.54, 1.807) is 7.11 Å². The molecule has 1 aliphatic heterocycles. The zero-order chi connectivity index (χ0) is 17.9. The van der Waals surface area contributed by atoms with Crippen LogP contribution in [0.4, 0.5) is 5.69 Å². The van der Waals surface area contributed by atoms with Crippen LogP contribution in [0, 0.1) is 0 Å². The molecule has 1 unspecified atom stereocenters. The summed E-state index contributed by atoms with van der Waals surface area (Å²) in [4.78, 5) is 7.02. The molecular weight excluding hydrogens is 443 g/mol. The second-order valence-electron chi connectivity index (χ2n) is 6.06. The van der Waals surface area contributed by atoms with Gasteiger partial charge in [0.15, 0.2) is 5.96 Å². The summed E-state index contributed by atoms with van der Waals surface area (Å²) in [6.07, 6.45) is 2.03. The lowest BCUT2D eigenvalue weighted by Gasteiger charge is -2.22. The highest BCUT2D eigenvalue weighted by atomic mass is 127. The molecule has 1 atom stereocenters. The molecule has 2 N–H and O–H groups in total. The first-order valence-corrected chi connectivity index (χ1v) is 9.29. The standard InChI is InChI=1S/C19H32N4O2.HI/c1-4-20-19(21-12-8-14-25-5-2)22-16-11-13-23(15-16)17-9-6-7-10-18(17)24-3;/h6-7,9-10,16H,4-5,8,11-15H2,1-3H3,(H2,20,21,22);1H. The first-order chi connectivity index (χ1) is 12.3. The topological polar surface area (TPSA) is 58.1 Å². The van der Waals surface area contributed by atoms with Gasteiger partial charge in [0.1, 0.15) is 5.75 Å². The van der Waals surface area contributed by atoms with E-state index < -0.39 is 0 Å². The average molecular weight is 476 g/mol. The molecule has 6 nitrogen and oxygen atoms in total. The summed E-state index contributed by atoms with van der Waals surface area (Å²) in [5, 5.41) is 6.89. The molecule has 1 aromatic rings. The van der Waals surface area contributed by atoms with Gasteiger partial charge in [0.05, 0.1) is 12.8 Å². The largest absolute Gasteiger partial charge is 0.495 e. The van der Waals surface area contributed by atoms with Gasteiger partial charge in [-0.3, -0.25) is 4.99 Å². The van der Waals surface area contributed by atoms with Crippen molar-refractivity contribution in [1.82, 2.24) is 10.6 Å². The zero-order valence-electron chi connectivity index (χ0n) is 16.2. The monoisotopic (exact) mass is 476 g/mol. The molecule has 0 spiro atoms. The Balaban J connectivity index is 0.00000338. The molecule has 0 amide bonds. The molecule has 148 valence electrons. The minimum absolute atomic E-state index is 0. The van der Waals surface area contributed by atoms with Gasteiger partial charge in [-0.2, -0.15) is 0 Å². The van der Waals surface area contributed by atoms with Gasteiger partial charge in [-0.25, -0.2) is 0 Å². The number of para-hydroxylation sites is 2. The molecule has 2 rings (SSSR count). The molecule has 1 aromatic carbocycles. The van der Waals surface area contributed by atoms with Crippen LogP contribution < -0.4 is 20.3 Å². The highest BCUT2D eigenvalue weighted by Gasteiger charge is 2.25. The van der Waals surface area contributed by atoms with Crippen molar-refractivity contribution in [1.29, 1.82) is 0 Å². The predicted octanol–water partition coefficient (Wildman–Crippen LogP) is 2.87. The predicted molar refractivity (Wildman–Crippen MR) is 119 cm³/mol. The Morgan fingerprint density at radius 1 is 1.31 bits per heavy atom. The van der Waals surface area contributed by atoms with Crippen LogP contribution in [-0.2, 0) is 4.74 Å². The molecule has 7 heteroatoms. The summed E-state index contributed by atoms with van der Waals surface area (Å²) in [5.74, 6) is 1.82. The van der Waals surface area contributed by atoms with Crippen molar-refractivity contribution in [3.8, 4) is 5.75 Å². The van der Waals surface area contributed by atoms with E-state index in [0.717, 1.165) is 69.6 Å². The molecule has 1 aliphatic rings. The van der Waals surface area contributed by atoms with Crippen LogP contribution in [0.5, 0.6) is 5.75 Å². The lowest BCUT2D eigenvalue weighted by molar-refractivity contribution is 0.146. The molecule has 1 heterocycles. The third-order valence-electron chi connectivity index (χ3n) is 4.22. The van der Waals surface area contributed by atoms with Crippen LogP contribution >= 0.6 is 24.0 Å². The number of aliphatic imine (C=N–C) groups is 1. The van der Waals surface area contributed by atoms with E-state index in [4.69, 9.17) is 9.47 Å². The second-order valence-corrected chi connectivity index (χ2v) is 6.06. The van der Waals surface area contributed by atoms with Crippen molar-refractivity contribution in [2.45, 2.75) is 32.7 Å². The van der Waals surface area contributed by atoms with Gasteiger partial charge in [-0.15, -0.1) is 24.0 Å². The molecule has 1 fully saturated rings. The highest BCUT2D eigenvalue weighted by Crippen LogP contribution is 2.30. The molecular formula is C19H33IN4O2. The number of guanidine groups is 1. The maximum absolute atomic E-state index is 5.49. The zero-order valence-corrected chi connectivity index (χ0v) is 18.5. The van der Waals surface area contributed by atoms with Gasteiger partial charge in [-0.1, -0.05) is 12.1 Å². The first-order valence-electron chi connectivity index (χ1n) is 9.29. The minimum Gasteiger partial charge on any atom is -0.495 e. The number of anilines is 1. The Bertz CT molecular complexity index is 542. The number of nitrogens with one attached hydrogen (secondary N) is 2. The lowest BCUT2D eigenvalue weighted by Crippen LogP contribution is -2.44. The number of hydrogen-bond acceptors (Lipinski definition) is 4. The average Bonchev–Trinajstić information content (AvgIpc) is 3.10. The number of rotatable bonds is 9. The van der Waals surface area contributed by atoms with E-state index >= 15 is 0 Å². The fourth-order valence-corrected chi connectivity index (χ4v) is 3.00. The Hall–Kier alpha value is -1.22. The summed E-state index contributed by atoms with van der Waals surface area (Å²) in [6.45, 7) is 9.24. The van der Waals surface area contributed by atoms with Gasteiger partial charge in [0.2, 0.25) is 0 Å². The second kappa shape index (κ2) is 13.0. The van der Waals surface area contributed by atoms with E-state index in [-0.39, 0.29) is 24.0 Å². The van der Waals surface area contributed by atoms with Crippen LogP contribution in [0.25, 0.3) is 0 Å². The molecule has 0 saturated carbocycles. The number of nitrogens with zero attached hydrogens (tertiary/aromatic N) is 2. The van der Waals surface area contributed by atoms with Crippen LogP contribution in [-0.4, -0.2) is 58.5 Å². The van der Waals surface area contributed by atoms with Gasteiger partial charge in [0.25, 0.3) is 0 Å². The van der Waals surface area contributed by atoms with Crippen LogP contribution in [0.1, 0.15) is 26.7 Å². The number of benzene rings is 1. The van der Waals surface area contributed by atoms with Crippen molar-refractivity contribution < 1.29 is 9.47 Å². The Kier molecular flexibility index (Phi) is 11.4. The molecule has 26 heavy (non-hydrogen) atoms. The summed E-state index contributed by atoms with van der Waals surface area (Å²) in [7, 11) is 1.73. The summed E-state index contributed by atoms with van der Waals surface area (Å²) in [6, 6.07) is 8.58. The van der Waals surface area contributed by atoms with Gasteiger partial charge >= 0.3 is 0 Å². The molecule has 0 aliphatic carbocycles. The number of ether oxygens (including phenoxy) is 2. The third kappa shape index (κ3) is 7.19.